The standard InChI is InChI=1S/C16H19N/c1-12-3-5-13(6-4-12)14-7-8-16-15(11-14)9-10-17(16)2/h7-11,13H,1,3-6H2,2H3. The fourth-order valence-electron chi connectivity index (χ4n) is 2.91. The second-order valence-corrected chi connectivity index (χ2v) is 5.27. The summed E-state index contributed by atoms with van der Waals surface area (Å²) in [6.45, 7) is 4.09. The lowest BCUT2D eigenvalue weighted by atomic mass is 9.82. The fraction of sp³-hybridized carbons (Fsp3) is 0.375. The zero-order valence-electron chi connectivity index (χ0n) is 10.4. The maximum absolute atomic E-state index is 4.09. The van der Waals surface area contributed by atoms with Crippen LogP contribution in [0.1, 0.15) is 37.2 Å². The van der Waals surface area contributed by atoms with Crippen LogP contribution in [-0.2, 0) is 7.05 Å². The first kappa shape index (κ1) is 10.6. The largest absolute Gasteiger partial charge is 0.351 e. The van der Waals surface area contributed by atoms with Gasteiger partial charge in [0.25, 0.3) is 0 Å². The Balaban J connectivity index is 1.92. The van der Waals surface area contributed by atoms with Crippen LogP contribution in [0, 0.1) is 0 Å². The molecule has 0 spiro atoms. The molecule has 1 heterocycles. The van der Waals surface area contributed by atoms with Gasteiger partial charge >= 0.3 is 0 Å². The lowest BCUT2D eigenvalue weighted by Gasteiger charge is -2.23. The van der Waals surface area contributed by atoms with Gasteiger partial charge in [0.1, 0.15) is 0 Å². The summed E-state index contributed by atoms with van der Waals surface area (Å²) in [7, 11) is 2.10. The molecule has 1 heteroatoms. The number of aromatic nitrogens is 1. The van der Waals surface area contributed by atoms with Crippen molar-refractivity contribution in [3.63, 3.8) is 0 Å². The van der Waals surface area contributed by atoms with Gasteiger partial charge in [0.05, 0.1) is 0 Å². The number of allylic oxidation sites excluding steroid dienone is 1. The summed E-state index contributed by atoms with van der Waals surface area (Å²) in [6.07, 6.45) is 7.10. The molecule has 1 saturated carbocycles. The summed E-state index contributed by atoms with van der Waals surface area (Å²) in [6, 6.07) is 9.14. The van der Waals surface area contributed by atoms with Crippen molar-refractivity contribution in [3.05, 3.63) is 48.2 Å². The molecule has 1 aromatic carbocycles. The molecule has 0 saturated heterocycles. The van der Waals surface area contributed by atoms with E-state index in [0.717, 1.165) is 5.92 Å². The second-order valence-electron chi connectivity index (χ2n) is 5.27. The summed E-state index contributed by atoms with van der Waals surface area (Å²) in [5.41, 5.74) is 4.27. The first-order chi connectivity index (χ1) is 8.24. The van der Waals surface area contributed by atoms with Gasteiger partial charge in [0, 0.05) is 18.8 Å². The molecule has 1 aliphatic carbocycles. The average Bonchev–Trinajstić information content (AvgIpc) is 2.72. The first-order valence-electron chi connectivity index (χ1n) is 6.45. The minimum atomic E-state index is 0.741. The van der Waals surface area contributed by atoms with Gasteiger partial charge < -0.3 is 4.57 Å². The summed E-state index contributed by atoms with van der Waals surface area (Å²) >= 11 is 0. The molecule has 1 nitrogen and oxygen atoms in total. The number of hydrogen-bond donors (Lipinski definition) is 0. The van der Waals surface area contributed by atoms with Gasteiger partial charge in [-0.2, -0.15) is 0 Å². The summed E-state index contributed by atoms with van der Waals surface area (Å²) in [5, 5.41) is 1.37. The second kappa shape index (κ2) is 4.06. The van der Waals surface area contributed by atoms with E-state index >= 15 is 0 Å². The monoisotopic (exact) mass is 225 g/mol. The summed E-state index contributed by atoms with van der Waals surface area (Å²) in [5.74, 6) is 0.741. The van der Waals surface area contributed by atoms with E-state index in [1.54, 1.807) is 0 Å². The van der Waals surface area contributed by atoms with Gasteiger partial charge in [-0.05, 0) is 60.7 Å². The average molecular weight is 225 g/mol. The molecule has 0 N–H and O–H groups in total. The molecule has 88 valence electrons. The van der Waals surface area contributed by atoms with Crippen LogP contribution in [0.25, 0.3) is 10.9 Å². The van der Waals surface area contributed by atoms with E-state index in [1.807, 2.05) is 0 Å². The highest BCUT2D eigenvalue weighted by Crippen LogP contribution is 2.35. The molecule has 1 aromatic heterocycles. The van der Waals surface area contributed by atoms with Crippen LogP contribution in [-0.4, -0.2) is 4.57 Å². The maximum Gasteiger partial charge on any atom is 0.0477 e. The van der Waals surface area contributed by atoms with E-state index in [2.05, 4.69) is 48.7 Å². The van der Waals surface area contributed by atoms with Crippen LogP contribution < -0.4 is 0 Å². The van der Waals surface area contributed by atoms with E-state index in [1.165, 1.54) is 47.7 Å². The number of benzene rings is 1. The molecule has 0 amide bonds. The number of aryl methyl sites for hydroxylation is 1. The molecular weight excluding hydrogens is 206 g/mol. The fourth-order valence-corrected chi connectivity index (χ4v) is 2.91. The van der Waals surface area contributed by atoms with Crippen molar-refractivity contribution in [1.29, 1.82) is 0 Å². The summed E-state index contributed by atoms with van der Waals surface area (Å²) < 4.78 is 2.18. The van der Waals surface area contributed by atoms with Gasteiger partial charge in [0.15, 0.2) is 0 Å². The van der Waals surface area contributed by atoms with E-state index in [-0.39, 0.29) is 0 Å². The highest BCUT2D eigenvalue weighted by molar-refractivity contribution is 5.80. The zero-order valence-corrected chi connectivity index (χ0v) is 10.4. The van der Waals surface area contributed by atoms with Gasteiger partial charge in [0.2, 0.25) is 0 Å². The van der Waals surface area contributed by atoms with Crippen LogP contribution >= 0.6 is 0 Å². The lowest BCUT2D eigenvalue weighted by Crippen LogP contribution is -2.05. The summed E-state index contributed by atoms with van der Waals surface area (Å²) in [4.78, 5) is 0. The Morgan fingerprint density at radius 1 is 1.18 bits per heavy atom. The quantitative estimate of drug-likeness (QED) is 0.634. The third-order valence-corrected chi connectivity index (χ3v) is 4.07. The number of nitrogens with zero attached hydrogens (tertiary/aromatic N) is 1. The van der Waals surface area contributed by atoms with Gasteiger partial charge in [-0.25, -0.2) is 0 Å². The predicted molar refractivity (Wildman–Crippen MR) is 73.3 cm³/mol. The van der Waals surface area contributed by atoms with Crippen LogP contribution in [0.3, 0.4) is 0 Å². The van der Waals surface area contributed by atoms with Crippen LogP contribution in [0.4, 0.5) is 0 Å². The number of hydrogen-bond acceptors (Lipinski definition) is 0. The van der Waals surface area contributed by atoms with E-state index in [9.17, 15) is 0 Å². The molecule has 3 rings (SSSR count). The van der Waals surface area contributed by atoms with Gasteiger partial charge in [-0.1, -0.05) is 18.2 Å². The lowest BCUT2D eigenvalue weighted by molar-refractivity contribution is 0.518. The number of rotatable bonds is 1. The normalized spacial score (nSPS) is 17.8. The van der Waals surface area contributed by atoms with Crippen molar-refractivity contribution in [2.75, 3.05) is 0 Å². The van der Waals surface area contributed by atoms with Crippen molar-refractivity contribution in [2.24, 2.45) is 7.05 Å². The Kier molecular flexibility index (Phi) is 2.54. The molecule has 0 bridgehead atoms. The van der Waals surface area contributed by atoms with E-state index < -0.39 is 0 Å². The molecule has 0 aliphatic heterocycles. The highest BCUT2D eigenvalue weighted by atomic mass is 14.9. The molecule has 1 aliphatic rings. The molecule has 0 unspecified atom stereocenters. The smallest absolute Gasteiger partial charge is 0.0477 e. The van der Waals surface area contributed by atoms with Crippen molar-refractivity contribution in [3.8, 4) is 0 Å². The van der Waals surface area contributed by atoms with Gasteiger partial charge in [-0.3, -0.25) is 0 Å². The Morgan fingerprint density at radius 3 is 2.71 bits per heavy atom. The van der Waals surface area contributed by atoms with Gasteiger partial charge in [-0.15, -0.1) is 0 Å². The minimum absolute atomic E-state index is 0.741. The van der Waals surface area contributed by atoms with Crippen LogP contribution in [0.15, 0.2) is 42.6 Å². The minimum Gasteiger partial charge on any atom is -0.351 e. The Bertz CT molecular complexity index is 552. The van der Waals surface area contributed by atoms with E-state index in [0.29, 0.717) is 0 Å². The molecular formula is C16H19N. The molecule has 0 radical (unpaired) electrons. The predicted octanol–water partition coefficient (Wildman–Crippen LogP) is 4.39. The van der Waals surface area contributed by atoms with Crippen molar-refractivity contribution in [2.45, 2.75) is 31.6 Å². The third kappa shape index (κ3) is 1.90. The molecule has 0 atom stereocenters. The Labute approximate surface area is 103 Å². The molecule has 2 aromatic rings. The maximum atomic E-state index is 4.09. The third-order valence-electron chi connectivity index (χ3n) is 4.07. The van der Waals surface area contributed by atoms with Crippen molar-refractivity contribution in [1.82, 2.24) is 4.57 Å². The van der Waals surface area contributed by atoms with Crippen molar-refractivity contribution < 1.29 is 0 Å². The zero-order chi connectivity index (χ0) is 11.8. The molecule has 1 fully saturated rings. The molecule has 17 heavy (non-hydrogen) atoms. The Morgan fingerprint density at radius 2 is 1.94 bits per heavy atom. The SMILES string of the molecule is C=C1CCC(c2ccc3c(ccn3C)c2)CC1. The van der Waals surface area contributed by atoms with E-state index in [4.69, 9.17) is 0 Å². The van der Waals surface area contributed by atoms with Crippen molar-refractivity contribution >= 4 is 10.9 Å². The van der Waals surface area contributed by atoms with Crippen LogP contribution in [0.2, 0.25) is 0 Å². The van der Waals surface area contributed by atoms with Crippen LogP contribution in [0.5, 0.6) is 0 Å². The number of fused-ring (bicyclic) bond motifs is 1. The first-order valence-corrected chi connectivity index (χ1v) is 6.45. The topological polar surface area (TPSA) is 4.93 Å². The Hall–Kier alpha value is -1.50. The highest BCUT2D eigenvalue weighted by Gasteiger charge is 2.17.